The van der Waals surface area contributed by atoms with Crippen molar-refractivity contribution in [3.63, 3.8) is 0 Å². The zero-order valence-corrected chi connectivity index (χ0v) is 20.8. The van der Waals surface area contributed by atoms with Crippen LogP contribution in [0.4, 0.5) is 0 Å². The van der Waals surface area contributed by atoms with Crippen LogP contribution in [0.5, 0.6) is 0 Å². The number of carbonyl (C=O) groups excluding carboxylic acids is 1. The van der Waals surface area contributed by atoms with Gasteiger partial charge in [0, 0.05) is 25.6 Å². The molecule has 2 saturated heterocycles. The lowest BCUT2D eigenvalue weighted by molar-refractivity contribution is -0.137. The van der Waals surface area contributed by atoms with E-state index >= 15 is 0 Å². The summed E-state index contributed by atoms with van der Waals surface area (Å²) >= 11 is 0. The van der Waals surface area contributed by atoms with Gasteiger partial charge < -0.3 is 4.90 Å². The molecule has 6 rings (SSSR count). The van der Waals surface area contributed by atoms with Crippen LogP contribution in [0.15, 0.2) is 65.6 Å². The first-order valence-electron chi connectivity index (χ1n) is 12.9. The third-order valence-electron chi connectivity index (χ3n) is 8.23. The molecule has 0 spiro atoms. The number of rotatable bonds is 4. The summed E-state index contributed by atoms with van der Waals surface area (Å²) < 4.78 is 28.2. The molecule has 35 heavy (non-hydrogen) atoms. The van der Waals surface area contributed by atoms with Gasteiger partial charge in [-0.15, -0.1) is 0 Å². The first-order chi connectivity index (χ1) is 17.0. The Kier molecular flexibility index (Phi) is 5.89. The number of likely N-dealkylation sites (tertiary alicyclic amines) is 1. The number of hydrogen-bond donors (Lipinski definition) is 0. The Morgan fingerprint density at radius 1 is 0.800 bits per heavy atom. The van der Waals surface area contributed by atoms with E-state index in [2.05, 4.69) is 41.3 Å². The maximum Gasteiger partial charge on any atom is 0.243 e. The molecule has 182 valence electrons. The summed E-state index contributed by atoms with van der Waals surface area (Å²) in [5, 5.41) is 2.42. The molecule has 0 bridgehead atoms. The van der Waals surface area contributed by atoms with Crippen molar-refractivity contribution in [1.82, 2.24) is 9.21 Å². The Hall–Kier alpha value is -2.70. The van der Waals surface area contributed by atoms with Crippen molar-refractivity contribution in [3.8, 4) is 0 Å². The van der Waals surface area contributed by atoms with Crippen molar-refractivity contribution < 1.29 is 13.2 Å². The summed E-state index contributed by atoms with van der Waals surface area (Å²) in [6.45, 7) is 1.59. The molecular formula is C29H32N2O3S. The minimum Gasteiger partial charge on any atom is -0.335 e. The van der Waals surface area contributed by atoms with E-state index in [1.807, 2.05) is 18.2 Å². The van der Waals surface area contributed by atoms with Gasteiger partial charge in [0.05, 0.1) is 10.9 Å². The van der Waals surface area contributed by atoms with E-state index in [1.54, 1.807) is 10.4 Å². The minimum absolute atomic E-state index is 0.0989. The van der Waals surface area contributed by atoms with E-state index in [0.29, 0.717) is 30.8 Å². The number of sulfonamides is 1. The molecule has 1 unspecified atom stereocenters. The van der Waals surface area contributed by atoms with Gasteiger partial charge >= 0.3 is 0 Å². The SMILES string of the molecule is O=C(C1CCN(S(=O)(=O)c2ccc3c(c2)CCC3)CC1)N1CCCC1c1cccc2ccccc12. The molecule has 2 aliphatic heterocycles. The predicted octanol–water partition coefficient (Wildman–Crippen LogP) is 5.09. The summed E-state index contributed by atoms with van der Waals surface area (Å²) in [4.78, 5) is 16.1. The number of carbonyl (C=O) groups is 1. The average Bonchev–Trinajstić information content (AvgIpc) is 3.57. The van der Waals surface area contributed by atoms with Crippen LogP contribution < -0.4 is 0 Å². The molecule has 1 aliphatic carbocycles. The summed E-state index contributed by atoms with van der Waals surface area (Å²) in [5.74, 6) is 0.0760. The lowest BCUT2D eigenvalue weighted by atomic mass is 9.94. The van der Waals surface area contributed by atoms with Crippen LogP contribution in [0.1, 0.15) is 54.8 Å². The van der Waals surface area contributed by atoms with Crippen molar-refractivity contribution in [2.45, 2.75) is 55.9 Å². The molecule has 3 aromatic carbocycles. The fourth-order valence-corrected chi connectivity index (χ4v) is 7.85. The van der Waals surface area contributed by atoms with Crippen molar-refractivity contribution >= 4 is 26.7 Å². The smallest absolute Gasteiger partial charge is 0.243 e. The normalized spacial score (nSPS) is 21.5. The van der Waals surface area contributed by atoms with E-state index in [1.165, 1.54) is 27.5 Å². The minimum atomic E-state index is -3.52. The van der Waals surface area contributed by atoms with E-state index in [4.69, 9.17) is 0 Å². The standard InChI is InChI=1S/C29H32N2O3S/c32-29(31-17-5-12-28(31)27-11-4-8-22-6-1-2-10-26(22)27)23-15-18-30(19-16-23)35(33,34)25-14-13-21-7-3-9-24(21)20-25/h1-2,4,6,8,10-11,13-14,20,23,28H,3,5,7,9,12,15-19H2. The zero-order chi connectivity index (χ0) is 24.0. The monoisotopic (exact) mass is 488 g/mol. The zero-order valence-electron chi connectivity index (χ0n) is 20.0. The second-order valence-electron chi connectivity index (χ2n) is 10.2. The highest BCUT2D eigenvalue weighted by Crippen LogP contribution is 2.38. The molecule has 0 N–H and O–H groups in total. The lowest BCUT2D eigenvalue weighted by Gasteiger charge is -2.34. The van der Waals surface area contributed by atoms with Crippen molar-refractivity contribution in [2.24, 2.45) is 5.92 Å². The van der Waals surface area contributed by atoms with Gasteiger partial charge in [-0.3, -0.25) is 4.79 Å². The molecular weight excluding hydrogens is 456 g/mol. The van der Waals surface area contributed by atoms with Gasteiger partial charge in [0.1, 0.15) is 0 Å². The first-order valence-corrected chi connectivity index (χ1v) is 14.4. The highest BCUT2D eigenvalue weighted by Gasteiger charge is 2.38. The van der Waals surface area contributed by atoms with Crippen LogP contribution in [0.2, 0.25) is 0 Å². The molecule has 1 atom stereocenters. The number of hydrogen-bond acceptors (Lipinski definition) is 3. The topological polar surface area (TPSA) is 57.7 Å². The van der Waals surface area contributed by atoms with Crippen LogP contribution in [-0.4, -0.2) is 43.2 Å². The molecule has 0 saturated carbocycles. The largest absolute Gasteiger partial charge is 0.335 e. The molecule has 5 nitrogen and oxygen atoms in total. The van der Waals surface area contributed by atoms with E-state index in [-0.39, 0.29) is 17.9 Å². The van der Waals surface area contributed by atoms with E-state index in [0.717, 1.165) is 38.6 Å². The quantitative estimate of drug-likeness (QED) is 0.514. The Labute approximate surface area is 207 Å². The summed E-state index contributed by atoms with van der Waals surface area (Å²) in [6.07, 6.45) is 6.25. The Bertz CT molecular complexity index is 1370. The Morgan fingerprint density at radius 3 is 2.43 bits per heavy atom. The van der Waals surface area contributed by atoms with Gasteiger partial charge in [0.15, 0.2) is 0 Å². The van der Waals surface area contributed by atoms with Crippen molar-refractivity contribution in [3.05, 3.63) is 77.4 Å². The van der Waals surface area contributed by atoms with Gasteiger partial charge in [-0.2, -0.15) is 4.31 Å². The van der Waals surface area contributed by atoms with Gasteiger partial charge in [0.25, 0.3) is 0 Å². The van der Waals surface area contributed by atoms with Gasteiger partial charge in [-0.1, -0.05) is 48.5 Å². The summed E-state index contributed by atoms with van der Waals surface area (Å²) in [6, 6.07) is 20.4. The third kappa shape index (κ3) is 4.07. The summed E-state index contributed by atoms with van der Waals surface area (Å²) in [5.41, 5.74) is 3.68. The maximum atomic E-state index is 13.6. The van der Waals surface area contributed by atoms with Gasteiger partial charge in [-0.25, -0.2) is 8.42 Å². The fourth-order valence-electron chi connectivity index (χ4n) is 6.33. The van der Waals surface area contributed by atoms with Crippen molar-refractivity contribution in [1.29, 1.82) is 0 Å². The highest BCUT2D eigenvalue weighted by molar-refractivity contribution is 7.89. The number of aryl methyl sites for hydroxylation is 2. The molecule has 6 heteroatoms. The van der Waals surface area contributed by atoms with Gasteiger partial charge in [0.2, 0.25) is 15.9 Å². The average molecular weight is 489 g/mol. The molecule has 3 aromatic rings. The predicted molar refractivity (Wildman–Crippen MR) is 138 cm³/mol. The van der Waals surface area contributed by atoms with Crippen LogP contribution in [0.25, 0.3) is 10.8 Å². The highest BCUT2D eigenvalue weighted by atomic mass is 32.2. The third-order valence-corrected chi connectivity index (χ3v) is 10.1. The number of piperidine rings is 1. The molecule has 0 radical (unpaired) electrons. The molecule has 3 aliphatic rings. The number of fused-ring (bicyclic) bond motifs is 2. The molecule has 0 aromatic heterocycles. The second kappa shape index (κ2) is 9.07. The molecule has 1 amide bonds. The van der Waals surface area contributed by atoms with Crippen LogP contribution in [0, 0.1) is 5.92 Å². The van der Waals surface area contributed by atoms with Gasteiger partial charge in [-0.05, 0) is 84.5 Å². The lowest BCUT2D eigenvalue weighted by Crippen LogP contribution is -2.44. The Balaban J connectivity index is 1.16. The van der Waals surface area contributed by atoms with Crippen LogP contribution in [-0.2, 0) is 27.7 Å². The fraction of sp³-hybridized carbons (Fsp3) is 0.414. The van der Waals surface area contributed by atoms with Crippen molar-refractivity contribution in [2.75, 3.05) is 19.6 Å². The van der Waals surface area contributed by atoms with E-state index in [9.17, 15) is 13.2 Å². The maximum absolute atomic E-state index is 13.6. The molecule has 2 heterocycles. The van der Waals surface area contributed by atoms with E-state index < -0.39 is 10.0 Å². The number of amides is 1. The Morgan fingerprint density at radius 2 is 1.57 bits per heavy atom. The first kappa shape index (κ1) is 22.7. The second-order valence-corrected chi connectivity index (χ2v) is 12.2. The molecule has 2 fully saturated rings. The number of nitrogens with zero attached hydrogens (tertiary/aromatic N) is 2. The number of benzene rings is 3. The van der Waals surface area contributed by atoms with Crippen LogP contribution in [0.3, 0.4) is 0 Å². The summed E-state index contributed by atoms with van der Waals surface area (Å²) in [7, 11) is -3.52. The van der Waals surface area contributed by atoms with Crippen LogP contribution >= 0.6 is 0 Å².